The molecule has 1 saturated carbocycles. The van der Waals surface area contributed by atoms with Gasteiger partial charge < -0.3 is 5.32 Å². The zero-order chi connectivity index (χ0) is 16.4. The lowest BCUT2D eigenvalue weighted by Crippen LogP contribution is -2.35. The molecule has 5 heteroatoms. The Hall–Kier alpha value is -1.46. The van der Waals surface area contributed by atoms with Crippen molar-refractivity contribution in [2.45, 2.75) is 57.0 Å². The first-order valence-corrected chi connectivity index (χ1v) is 10.00. The normalized spacial score (nSPS) is 22.4. The quantitative estimate of drug-likeness (QED) is 0.896. The molecule has 24 heavy (non-hydrogen) atoms. The number of likely N-dealkylation sites (tertiary alicyclic amines) is 1. The van der Waals surface area contributed by atoms with Gasteiger partial charge in [0, 0.05) is 19.0 Å². The van der Waals surface area contributed by atoms with Crippen molar-refractivity contribution in [2.24, 2.45) is 0 Å². The Morgan fingerprint density at radius 2 is 2.04 bits per heavy atom. The Balaban J connectivity index is 1.36. The molecule has 4 rings (SSSR count). The highest BCUT2D eigenvalue weighted by Gasteiger charge is 2.29. The molecular formula is C19H25N3OS. The number of aromatic nitrogens is 1. The van der Waals surface area contributed by atoms with E-state index in [0.717, 1.165) is 37.9 Å². The molecule has 1 aromatic carbocycles. The highest BCUT2D eigenvalue weighted by Crippen LogP contribution is 2.36. The second-order valence-electron chi connectivity index (χ2n) is 7.01. The van der Waals surface area contributed by atoms with Crippen LogP contribution < -0.4 is 5.32 Å². The van der Waals surface area contributed by atoms with Crippen LogP contribution in [0.2, 0.25) is 0 Å². The number of para-hydroxylation sites is 1. The minimum absolute atomic E-state index is 0.219. The Bertz CT molecular complexity index is 674. The van der Waals surface area contributed by atoms with E-state index < -0.39 is 0 Å². The summed E-state index contributed by atoms with van der Waals surface area (Å²) in [6.07, 6.45) is 7.80. The molecule has 1 saturated heterocycles. The molecule has 1 atom stereocenters. The fraction of sp³-hybridized carbons (Fsp3) is 0.579. The van der Waals surface area contributed by atoms with Crippen LogP contribution in [0.15, 0.2) is 24.3 Å². The van der Waals surface area contributed by atoms with Crippen LogP contribution in [0, 0.1) is 0 Å². The Morgan fingerprint density at radius 1 is 1.21 bits per heavy atom. The third kappa shape index (κ3) is 3.47. The van der Waals surface area contributed by atoms with Crippen LogP contribution in [0.5, 0.6) is 0 Å². The molecule has 0 bridgehead atoms. The third-order valence-electron chi connectivity index (χ3n) is 5.31. The molecule has 128 valence electrons. The predicted molar refractivity (Wildman–Crippen MR) is 98.2 cm³/mol. The zero-order valence-electron chi connectivity index (χ0n) is 14.0. The summed E-state index contributed by atoms with van der Waals surface area (Å²) in [5.41, 5.74) is 1.10. The Morgan fingerprint density at radius 3 is 2.88 bits per heavy atom. The van der Waals surface area contributed by atoms with Gasteiger partial charge in [-0.3, -0.25) is 9.69 Å². The first-order valence-electron chi connectivity index (χ1n) is 9.18. The van der Waals surface area contributed by atoms with Crippen molar-refractivity contribution in [1.82, 2.24) is 15.2 Å². The fourth-order valence-electron chi connectivity index (χ4n) is 4.02. The number of carbonyl (C=O) groups is 1. The first-order chi connectivity index (χ1) is 11.8. The predicted octanol–water partition coefficient (Wildman–Crippen LogP) is 3.88. The highest BCUT2D eigenvalue weighted by atomic mass is 32.1. The Kier molecular flexibility index (Phi) is 4.81. The van der Waals surface area contributed by atoms with E-state index in [9.17, 15) is 4.79 Å². The van der Waals surface area contributed by atoms with E-state index in [2.05, 4.69) is 28.4 Å². The van der Waals surface area contributed by atoms with Crippen LogP contribution >= 0.6 is 11.3 Å². The third-order valence-corrected chi connectivity index (χ3v) is 6.44. The second kappa shape index (κ2) is 7.19. The number of hydrogen-bond acceptors (Lipinski definition) is 4. The van der Waals surface area contributed by atoms with Gasteiger partial charge in [0.15, 0.2) is 0 Å². The molecule has 2 aromatic rings. The van der Waals surface area contributed by atoms with Crippen LogP contribution in [0.4, 0.5) is 0 Å². The van der Waals surface area contributed by atoms with Gasteiger partial charge in [0.25, 0.3) is 0 Å². The van der Waals surface area contributed by atoms with Gasteiger partial charge in [-0.15, -0.1) is 11.3 Å². The summed E-state index contributed by atoms with van der Waals surface area (Å²) in [6, 6.07) is 9.17. The van der Waals surface area contributed by atoms with Crippen molar-refractivity contribution >= 4 is 27.5 Å². The highest BCUT2D eigenvalue weighted by molar-refractivity contribution is 7.18. The number of amides is 1. The number of thiazole rings is 1. The van der Waals surface area contributed by atoms with Gasteiger partial charge >= 0.3 is 0 Å². The minimum Gasteiger partial charge on any atom is -0.353 e. The SMILES string of the molecule is O=C(CCN1CCC[C@H]1c1nc2ccccc2s1)NC1CCCC1. The number of fused-ring (bicyclic) bond motifs is 1. The summed E-state index contributed by atoms with van der Waals surface area (Å²) >= 11 is 1.81. The molecule has 0 radical (unpaired) electrons. The van der Waals surface area contributed by atoms with E-state index in [1.165, 1.54) is 29.0 Å². The summed E-state index contributed by atoms with van der Waals surface area (Å²) in [6.45, 7) is 1.93. The molecule has 0 spiro atoms. The standard InChI is InChI=1S/C19H25N3OS/c23-18(20-14-6-1-2-7-14)11-13-22-12-5-9-16(22)19-21-15-8-3-4-10-17(15)24-19/h3-4,8,10,14,16H,1-2,5-7,9,11-13H2,(H,20,23)/t16-/m0/s1. The lowest BCUT2D eigenvalue weighted by atomic mass is 10.2. The van der Waals surface area contributed by atoms with Gasteiger partial charge in [0.2, 0.25) is 5.91 Å². The lowest BCUT2D eigenvalue weighted by Gasteiger charge is -2.22. The van der Waals surface area contributed by atoms with E-state index in [1.54, 1.807) is 11.3 Å². The van der Waals surface area contributed by atoms with Crippen molar-refractivity contribution in [3.05, 3.63) is 29.3 Å². The molecule has 1 amide bonds. The van der Waals surface area contributed by atoms with Crippen molar-refractivity contribution in [1.29, 1.82) is 0 Å². The van der Waals surface area contributed by atoms with Crippen LogP contribution in [0.25, 0.3) is 10.2 Å². The van der Waals surface area contributed by atoms with Crippen molar-refractivity contribution < 1.29 is 4.79 Å². The van der Waals surface area contributed by atoms with Crippen LogP contribution in [0.1, 0.15) is 56.0 Å². The number of benzene rings is 1. The summed E-state index contributed by atoms with van der Waals surface area (Å²) in [4.78, 5) is 19.5. The topological polar surface area (TPSA) is 45.2 Å². The smallest absolute Gasteiger partial charge is 0.221 e. The van der Waals surface area contributed by atoms with Crippen molar-refractivity contribution in [3.8, 4) is 0 Å². The first kappa shape index (κ1) is 16.0. The van der Waals surface area contributed by atoms with Crippen molar-refractivity contribution in [3.63, 3.8) is 0 Å². The number of hydrogen-bond donors (Lipinski definition) is 1. The summed E-state index contributed by atoms with van der Waals surface area (Å²) in [7, 11) is 0. The number of nitrogens with zero attached hydrogens (tertiary/aromatic N) is 2. The molecule has 1 aliphatic heterocycles. The molecule has 1 aliphatic carbocycles. The summed E-state index contributed by atoms with van der Waals surface area (Å²) in [5.74, 6) is 0.219. The van der Waals surface area contributed by atoms with Gasteiger partial charge in [-0.05, 0) is 44.4 Å². The second-order valence-corrected chi connectivity index (χ2v) is 8.07. The molecule has 1 N–H and O–H groups in total. The molecule has 0 unspecified atom stereocenters. The van der Waals surface area contributed by atoms with Crippen LogP contribution in [0.3, 0.4) is 0 Å². The van der Waals surface area contributed by atoms with E-state index in [0.29, 0.717) is 18.5 Å². The van der Waals surface area contributed by atoms with Crippen LogP contribution in [-0.4, -0.2) is 34.9 Å². The van der Waals surface area contributed by atoms with Gasteiger partial charge in [-0.1, -0.05) is 25.0 Å². The van der Waals surface area contributed by atoms with E-state index in [1.807, 2.05) is 6.07 Å². The average Bonchev–Trinajstić information content (AvgIpc) is 3.32. The molecule has 2 heterocycles. The summed E-state index contributed by atoms with van der Waals surface area (Å²) in [5, 5.41) is 4.41. The van der Waals surface area contributed by atoms with Gasteiger partial charge in [-0.25, -0.2) is 4.98 Å². The number of nitrogens with one attached hydrogen (secondary N) is 1. The fourth-order valence-corrected chi connectivity index (χ4v) is 5.16. The number of rotatable bonds is 5. The number of carbonyl (C=O) groups excluding carboxylic acids is 1. The van der Waals surface area contributed by atoms with Crippen LogP contribution in [-0.2, 0) is 4.79 Å². The van der Waals surface area contributed by atoms with E-state index in [4.69, 9.17) is 4.98 Å². The van der Waals surface area contributed by atoms with E-state index >= 15 is 0 Å². The monoisotopic (exact) mass is 343 g/mol. The maximum atomic E-state index is 12.2. The molecule has 2 aliphatic rings. The van der Waals surface area contributed by atoms with E-state index in [-0.39, 0.29) is 5.91 Å². The molecular weight excluding hydrogens is 318 g/mol. The Labute approximate surface area is 147 Å². The van der Waals surface area contributed by atoms with Gasteiger partial charge in [0.1, 0.15) is 5.01 Å². The van der Waals surface area contributed by atoms with Crippen molar-refractivity contribution in [2.75, 3.05) is 13.1 Å². The molecule has 4 nitrogen and oxygen atoms in total. The van der Waals surface area contributed by atoms with Gasteiger partial charge in [-0.2, -0.15) is 0 Å². The zero-order valence-corrected chi connectivity index (χ0v) is 14.9. The average molecular weight is 343 g/mol. The summed E-state index contributed by atoms with van der Waals surface area (Å²) < 4.78 is 1.26. The maximum Gasteiger partial charge on any atom is 0.221 e. The molecule has 2 fully saturated rings. The molecule has 1 aromatic heterocycles. The maximum absolute atomic E-state index is 12.2. The van der Waals surface area contributed by atoms with Gasteiger partial charge in [0.05, 0.1) is 16.3 Å². The lowest BCUT2D eigenvalue weighted by molar-refractivity contribution is -0.122. The largest absolute Gasteiger partial charge is 0.353 e. The minimum atomic E-state index is 0.219.